The van der Waals surface area contributed by atoms with Crippen LogP contribution in [0.3, 0.4) is 0 Å². The van der Waals surface area contributed by atoms with Gasteiger partial charge in [0, 0.05) is 13.1 Å². The number of sulfone groups is 1. The molecule has 1 unspecified atom stereocenters. The van der Waals surface area contributed by atoms with E-state index in [2.05, 4.69) is 10.3 Å². The fourth-order valence-corrected chi connectivity index (χ4v) is 3.35. The molecule has 1 saturated heterocycles. The highest BCUT2D eigenvalue weighted by Crippen LogP contribution is 2.26. The summed E-state index contributed by atoms with van der Waals surface area (Å²) < 4.78 is 28.2. The zero-order chi connectivity index (χ0) is 13.0. The minimum atomic E-state index is -2.95. The fraction of sp³-hybridized carbons (Fsp3) is 0.909. The number of hydrogen-bond acceptors (Lipinski definition) is 4. The Morgan fingerprint density at radius 1 is 1.42 bits per heavy atom. The monoisotopic (exact) mass is 403 g/mol. The number of hydrogen-bond donors (Lipinski definition) is 2. The molecule has 19 heavy (non-hydrogen) atoms. The zero-order valence-electron chi connectivity index (χ0n) is 10.9. The van der Waals surface area contributed by atoms with Gasteiger partial charge < -0.3 is 15.8 Å². The molecule has 112 valence electrons. The molecule has 0 aromatic heterocycles. The van der Waals surface area contributed by atoms with Crippen molar-refractivity contribution in [3.05, 3.63) is 0 Å². The Morgan fingerprint density at radius 3 is 2.74 bits per heavy atom. The molecule has 1 atom stereocenters. The molecule has 0 spiro atoms. The second-order valence-corrected chi connectivity index (χ2v) is 7.24. The number of ether oxygens (including phenoxy) is 1. The molecule has 0 radical (unpaired) electrons. The SMILES string of the molecule is I.NC(=NCC1CCC1)NCC1CS(=O)(=O)CCO1. The third-order valence-electron chi connectivity index (χ3n) is 3.44. The number of nitrogens with one attached hydrogen (secondary N) is 1. The Kier molecular flexibility index (Phi) is 6.81. The van der Waals surface area contributed by atoms with E-state index in [9.17, 15) is 8.42 Å². The molecule has 0 bridgehead atoms. The second-order valence-electron chi connectivity index (χ2n) is 5.01. The minimum absolute atomic E-state index is 0. The highest BCUT2D eigenvalue weighted by Gasteiger charge is 2.25. The number of nitrogens with zero attached hydrogens (tertiary/aromatic N) is 1. The Balaban J connectivity index is 0.00000180. The van der Waals surface area contributed by atoms with Crippen LogP contribution in [-0.4, -0.2) is 51.7 Å². The average molecular weight is 403 g/mol. The summed E-state index contributed by atoms with van der Waals surface area (Å²) in [5, 5.41) is 2.93. The first-order valence-electron chi connectivity index (χ1n) is 6.41. The van der Waals surface area contributed by atoms with E-state index in [1.165, 1.54) is 19.3 Å². The topological polar surface area (TPSA) is 93.8 Å². The Labute approximate surface area is 131 Å². The van der Waals surface area contributed by atoms with Gasteiger partial charge in [0.2, 0.25) is 0 Å². The molecule has 0 aromatic carbocycles. The van der Waals surface area contributed by atoms with Gasteiger partial charge in [0.1, 0.15) is 0 Å². The lowest BCUT2D eigenvalue weighted by Gasteiger charge is -2.24. The summed E-state index contributed by atoms with van der Waals surface area (Å²) >= 11 is 0. The zero-order valence-corrected chi connectivity index (χ0v) is 14.0. The van der Waals surface area contributed by atoms with Crippen LogP contribution in [0.4, 0.5) is 0 Å². The van der Waals surface area contributed by atoms with Crippen molar-refractivity contribution in [3.63, 3.8) is 0 Å². The summed E-state index contributed by atoms with van der Waals surface area (Å²) in [6.07, 6.45) is 3.45. The van der Waals surface area contributed by atoms with E-state index in [-0.39, 0.29) is 48.2 Å². The molecule has 8 heteroatoms. The molecule has 2 fully saturated rings. The normalized spacial score (nSPS) is 27.2. The van der Waals surface area contributed by atoms with Crippen LogP contribution in [0, 0.1) is 5.92 Å². The molecular formula is C11H22IN3O3S. The van der Waals surface area contributed by atoms with Gasteiger partial charge in [-0.05, 0) is 18.8 Å². The van der Waals surface area contributed by atoms with Crippen molar-refractivity contribution in [1.82, 2.24) is 5.32 Å². The molecule has 0 amide bonds. The number of aliphatic imine (C=N–C) groups is 1. The molecule has 1 aliphatic carbocycles. The molecule has 3 N–H and O–H groups in total. The maximum Gasteiger partial charge on any atom is 0.188 e. The molecule has 6 nitrogen and oxygen atoms in total. The van der Waals surface area contributed by atoms with Crippen LogP contribution in [0.5, 0.6) is 0 Å². The van der Waals surface area contributed by atoms with E-state index in [4.69, 9.17) is 10.5 Å². The second kappa shape index (κ2) is 7.63. The minimum Gasteiger partial charge on any atom is -0.374 e. The standard InChI is InChI=1S/C11H21N3O3S.HI/c12-11(13-6-9-2-1-3-9)14-7-10-8-18(15,16)5-4-17-10;/h9-10H,1-8H2,(H3,12,13,14);1H. The Hall–Kier alpha value is -0.0900. The first-order chi connectivity index (χ1) is 8.55. The fourth-order valence-electron chi connectivity index (χ4n) is 2.05. The lowest BCUT2D eigenvalue weighted by molar-refractivity contribution is 0.0748. The summed E-state index contributed by atoms with van der Waals surface area (Å²) in [5.74, 6) is 1.25. The molecular weight excluding hydrogens is 381 g/mol. The molecule has 1 aliphatic heterocycles. The summed E-state index contributed by atoms with van der Waals surface area (Å²) in [4.78, 5) is 4.25. The number of halogens is 1. The predicted octanol–water partition coefficient (Wildman–Crippen LogP) is 0.122. The van der Waals surface area contributed by atoms with Crippen LogP contribution in [0.25, 0.3) is 0 Å². The maximum absolute atomic E-state index is 11.4. The van der Waals surface area contributed by atoms with Crippen LogP contribution < -0.4 is 11.1 Å². The Bertz CT molecular complexity index is 409. The van der Waals surface area contributed by atoms with Gasteiger partial charge in [0.05, 0.1) is 24.2 Å². The van der Waals surface area contributed by atoms with Gasteiger partial charge in [-0.2, -0.15) is 0 Å². The largest absolute Gasteiger partial charge is 0.374 e. The smallest absolute Gasteiger partial charge is 0.188 e. The molecule has 2 aliphatic rings. The summed E-state index contributed by atoms with van der Waals surface area (Å²) in [6.45, 7) is 1.44. The predicted molar refractivity (Wildman–Crippen MR) is 85.6 cm³/mol. The van der Waals surface area contributed by atoms with Crippen LogP contribution in [0.1, 0.15) is 19.3 Å². The van der Waals surface area contributed by atoms with Crippen molar-refractivity contribution >= 4 is 39.8 Å². The van der Waals surface area contributed by atoms with Crippen LogP contribution in [0.2, 0.25) is 0 Å². The van der Waals surface area contributed by atoms with Crippen molar-refractivity contribution in [2.75, 3.05) is 31.2 Å². The van der Waals surface area contributed by atoms with Gasteiger partial charge in [-0.1, -0.05) is 6.42 Å². The van der Waals surface area contributed by atoms with E-state index in [0.29, 0.717) is 18.4 Å². The van der Waals surface area contributed by atoms with Crippen LogP contribution >= 0.6 is 24.0 Å². The average Bonchev–Trinajstić information content (AvgIpc) is 2.23. The van der Waals surface area contributed by atoms with Crippen LogP contribution in [0.15, 0.2) is 4.99 Å². The lowest BCUT2D eigenvalue weighted by atomic mass is 9.86. The summed E-state index contributed by atoms with van der Waals surface area (Å²) in [7, 11) is -2.95. The Morgan fingerprint density at radius 2 is 2.16 bits per heavy atom. The van der Waals surface area contributed by atoms with Gasteiger partial charge >= 0.3 is 0 Å². The number of guanidine groups is 1. The maximum atomic E-state index is 11.4. The van der Waals surface area contributed by atoms with E-state index < -0.39 is 9.84 Å². The van der Waals surface area contributed by atoms with E-state index in [0.717, 1.165) is 6.54 Å². The van der Waals surface area contributed by atoms with Gasteiger partial charge in [-0.25, -0.2) is 8.42 Å². The highest BCUT2D eigenvalue weighted by molar-refractivity contribution is 14.0. The van der Waals surface area contributed by atoms with Gasteiger partial charge in [0.25, 0.3) is 0 Å². The molecule has 0 aromatic rings. The quantitative estimate of drug-likeness (QED) is 0.395. The summed E-state index contributed by atoms with van der Waals surface area (Å²) in [6, 6.07) is 0. The first kappa shape index (κ1) is 17.0. The molecule has 2 rings (SSSR count). The van der Waals surface area contributed by atoms with Gasteiger partial charge in [-0.15, -0.1) is 24.0 Å². The third-order valence-corrected chi connectivity index (χ3v) is 5.11. The molecule has 1 saturated carbocycles. The van der Waals surface area contributed by atoms with Gasteiger partial charge in [-0.3, -0.25) is 4.99 Å². The van der Waals surface area contributed by atoms with Crippen molar-refractivity contribution in [3.8, 4) is 0 Å². The number of nitrogens with two attached hydrogens (primary N) is 1. The first-order valence-corrected chi connectivity index (χ1v) is 8.23. The van der Waals surface area contributed by atoms with Crippen molar-refractivity contribution in [2.24, 2.45) is 16.6 Å². The van der Waals surface area contributed by atoms with Crippen molar-refractivity contribution in [2.45, 2.75) is 25.4 Å². The lowest BCUT2D eigenvalue weighted by Crippen LogP contribution is -2.44. The third kappa shape index (κ3) is 5.82. The van der Waals surface area contributed by atoms with E-state index in [1.807, 2.05) is 0 Å². The van der Waals surface area contributed by atoms with Crippen molar-refractivity contribution < 1.29 is 13.2 Å². The van der Waals surface area contributed by atoms with Gasteiger partial charge in [0.15, 0.2) is 15.8 Å². The highest BCUT2D eigenvalue weighted by atomic mass is 127. The van der Waals surface area contributed by atoms with Crippen LogP contribution in [-0.2, 0) is 14.6 Å². The van der Waals surface area contributed by atoms with E-state index >= 15 is 0 Å². The number of rotatable bonds is 4. The summed E-state index contributed by atoms with van der Waals surface area (Å²) in [5.41, 5.74) is 5.72. The van der Waals surface area contributed by atoms with Crippen molar-refractivity contribution in [1.29, 1.82) is 0 Å². The molecule has 1 heterocycles. The van der Waals surface area contributed by atoms with E-state index in [1.54, 1.807) is 0 Å².